The monoisotopic (exact) mass is 618 g/mol. The number of urea groups is 1. The van der Waals surface area contributed by atoms with Gasteiger partial charge in [-0.25, -0.2) is 9.59 Å². The molecule has 0 spiro atoms. The van der Waals surface area contributed by atoms with Crippen molar-refractivity contribution in [3.8, 4) is 5.75 Å². The highest BCUT2D eigenvalue weighted by atomic mass is 32.2. The van der Waals surface area contributed by atoms with E-state index in [1.165, 1.54) is 49.6 Å². The first-order chi connectivity index (χ1) is 21.1. The highest BCUT2D eigenvalue weighted by Crippen LogP contribution is 2.28. The van der Waals surface area contributed by atoms with Crippen molar-refractivity contribution in [1.82, 2.24) is 0 Å². The molecular weight excluding hydrogens is 592 g/mol. The zero-order chi connectivity index (χ0) is 31.7. The Bertz CT molecular complexity index is 1840. The van der Waals surface area contributed by atoms with Gasteiger partial charge in [0, 0.05) is 16.9 Å². The zero-order valence-corrected chi connectivity index (χ0v) is 24.1. The van der Waals surface area contributed by atoms with E-state index in [0.29, 0.717) is 34.0 Å². The predicted molar refractivity (Wildman–Crippen MR) is 160 cm³/mol. The Morgan fingerprint density at radius 3 is 2.05 bits per heavy atom. The Morgan fingerprint density at radius 1 is 0.773 bits per heavy atom. The first kappa shape index (κ1) is 31.4. The number of phenols is 1. The number of hydrogen-bond donors (Lipinski definition) is 4. The Balaban J connectivity index is 1.38. The summed E-state index contributed by atoms with van der Waals surface area (Å²) in [6.07, 6.45) is 0. The van der Waals surface area contributed by atoms with Gasteiger partial charge in [-0.2, -0.15) is 28.9 Å². The van der Waals surface area contributed by atoms with Crippen molar-refractivity contribution >= 4 is 56.2 Å². The fourth-order valence-electron chi connectivity index (χ4n) is 3.68. The number of nitrogens with one attached hydrogen (secondary N) is 2. The summed E-state index contributed by atoms with van der Waals surface area (Å²) in [5, 5.41) is 41.3. The summed E-state index contributed by atoms with van der Waals surface area (Å²) in [5.74, 6) is -0.944. The number of hydrogen-bond acceptors (Lipinski definition) is 12. The van der Waals surface area contributed by atoms with Crippen LogP contribution in [0.5, 0.6) is 5.75 Å². The largest absolute Gasteiger partial charge is 0.507 e. The molecule has 0 atom stereocenters. The molecule has 0 saturated heterocycles. The van der Waals surface area contributed by atoms with Crippen LogP contribution in [0.25, 0.3) is 0 Å². The van der Waals surface area contributed by atoms with Crippen molar-refractivity contribution in [3.63, 3.8) is 0 Å². The lowest BCUT2D eigenvalue weighted by molar-refractivity contribution is 0.0597. The second-order valence-corrected chi connectivity index (χ2v) is 10.5. The normalized spacial score (nSPS) is 11.5. The van der Waals surface area contributed by atoms with E-state index in [0.717, 1.165) is 7.11 Å². The van der Waals surface area contributed by atoms with Gasteiger partial charge in [0.05, 0.1) is 48.5 Å². The van der Waals surface area contributed by atoms with E-state index in [4.69, 9.17) is 0 Å². The number of carbonyl (C=O) groups is 2. The molecular formula is C29H26N6O8S. The van der Waals surface area contributed by atoms with Crippen LogP contribution in [0.2, 0.25) is 0 Å². The number of phenolic OH excluding ortho intramolecular Hbond substituents is 1. The average molecular weight is 619 g/mol. The van der Waals surface area contributed by atoms with E-state index in [1.54, 1.807) is 42.5 Å². The number of aromatic hydroxyl groups is 1. The zero-order valence-electron chi connectivity index (χ0n) is 23.3. The summed E-state index contributed by atoms with van der Waals surface area (Å²) in [5.41, 5.74) is 2.53. The third kappa shape index (κ3) is 8.07. The maximum Gasteiger partial charge on any atom is 0.341 e. The molecule has 2 amide bonds. The predicted octanol–water partition coefficient (Wildman–Crippen LogP) is 6.48. The summed E-state index contributed by atoms with van der Waals surface area (Å²) in [4.78, 5) is 24.3. The lowest BCUT2D eigenvalue weighted by atomic mass is 10.1. The van der Waals surface area contributed by atoms with Crippen molar-refractivity contribution < 1.29 is 37.1 Å². The number of benzene rings is 4. The van der Waals surface area contributed by atoms with Crippen LogP contribution in [0.15, 0.2) is 110 Å². The number of azo groups is 2. The van der Waals surface area contributed by atoms with E-state index in [-0.39, 0.29) is 21.9 Å². The fourth-order valence-corrected chi connectivity index (χ4v) is 4.38. The molecule has 0 fully saturated rings. The molecule has 0 aliphatic heterocycles. The van der Waals surface area contributed by atoms with Crippen LogP contribution in [-0.2, 0) is 25.6 Å². The summed E-state index contributed by atoms with van der Waals surface area (Å²) in [6.45, 7) is -0.400. The highest BCUT2D eigenvalue weighted by molar-refractivity contribution is 7.86. The van der Waals surface area contributed by atoms with Gasteiger partial charge >= 0.3 is 12.0 Å². The first-order valence-corrected chi connectivity index (χ1v) is 14.1. The Kier molecular flexibility index (Phi) is 10.1. The Labute approximate surface area is 251 Å². The van der Waals surface area contributed by atoms with Gasteiger partial charge < -0.3 is 25.6 Å². The summed E-state index contributed by atoms with van der Waals surface area (Å²) < 4.78 is 32.9. The first-order valence-electron chi connectivity index (χ1n) is 12.7. The van der Waals surface area contributed by atoms with E-state index in [9.17, 15) is 28.2 Å². The Hall–Kier alpha value is -5.51. The van der Waals surface area contributed by atoms with Crippen molar-refractivity contribution in [2.75, 3.05) is 24.9 Å². The minimum Gasteiger partial charge on any atom is -0.507 e. The van der Waals surface area contributed by atoms with E-state index in [2.05, 4.69) is 40.0 Å². The minimum absolute atomic E-state index is 0.0403. The highest BCUT2D eigenvalue weighted by Gasteiger charge is 2.14. The molecule has 4 N–H and O–H groups in total. The van der Waals surface area contributed by atoms with Gasteiger partial charge in [-0.3, -0.25) is 4.18 Å². The maximum absolute atomic E-state index is 12.6. The van der Waals surface area contributed by atoms with Crippen LogP contribution in [0.3, 0.4) is 0 Å². The molecule has 0 saturated carbocycles. The van der Waals surface area contributed by atoms with Crippen LogP contribution in [0.1, 0.15) is 15.9 Å². The SMILES string of the molecule is COC(=O)c1cc(N=Nc2ccc(NC(=O)Nc3ccc(N=Nc4cccc(S(=O)(=O)OC)c4)cc3CO)cc2)ccc1O. The number of anilines is 2. The smallest absolute Gasteiger partial charge is 0.341 e. The van der Waals surface area contributed by atoms with Gasteiger partial charge in [0.15, 0.2) is 0 Å². The third-order valence-corrected chi connectivity index (χ3v) is 7.18. The van der Waals surface area contributed by atoms with E-state index < -0.39 is 28.7 Å². The number of nitrogens with zero attached hydrogens (tertiary/aromatic N) is 4. The number of carbonyl (C=O) groups excluding carboxylic acids is 2. The molecule has 44 heavy (non-hydrogen) atoms. The van der Waals surface area contributed by atoms with Gasteiger partial charge in [-0.05, 0) is 78.9 Å². The number of aliphatic hydroxyl groups is 1. The second-order valence-electron chi connectivity index (χ2n) is 8.84. The number of amides is 2. The van der Waals surface area contributed by atoms with Crippen molar-refractivity contribution in [3.05, 3.63) is 96.1 Å². The summed E-state index contributed by atoms with van der Waals surface area (Å²) >= 11 is 0. The maximum atomic E-state index is 12.6. The van der Waals surface area contributed by atoms with Crippen molar-refractivity contribution in [1.29, 1.82) is 0 Å². The standard InChI is InChI=1S/C29H26N6O8S/c1-42-28(38)25-16-23(11-13-27(25)37)35-32-20-8-6-19(7-9-20)30-29(39)31-26-12-10-22(14-18(26)17-36)34-33-21-4-3-5-24(15-21)44(40,41)43-2/h3-16,36-37H,17H2,1-2H3,(H2,30,31,39). The molecule has 0 radical (unpaired) electrons. The number of aliphatic hydroxyl groups excluding tert-OH is 1. The van der Waals surface area contributed by atoms with Crippen LogP contribution in [0, 0.1) is 0 Å². The van der Waals surface area contributed by atoms with Crippen LogP contribution >= 0.6 is 0 Å². The number of methoxy groups -OCH3 is 1. The molecule has 15 heteroatoms. The molecule has 0 heterocycles. The molecule has 0 aliphatic carbocycles. The van der Waals surface area contributed by atoms with Crippen molar-refractivity contribution in [2.45, 2.75) is 11.5 Å². The molecule has 0 bridgehead atoms. The van der Waals surface area contributed by atoms with Gasteiger partial charge in [0.2, 0.25) is 0 Å². The molecule has 14 nitrogen and oxygen atoms in total. The second kappa shape index (κ2) is 14.1. The van der Waals surface area contributed by atoms with E-state index in [1.807, 2.05) is 0 Å². The number of rotatable bonds is 10. The summed E-state index contributed by atoms with van der Waals surface area (Å²) in [7, 11) is -1.62. The molecule has 226 valence electrons. The minimum atomic E-state index is -3.89. The molecule has 0 aliphatic rings. The molecule has 0 unspecified atom stereocenters. The van der Waals surface area contributed by atoms with Gasteiger partial charge in [-0.1, -0.05) is 6.07 Å². The number of ether oxygens (including phenoxy) is 1. The third-order valence-electron chi connectivity index (χ3n) is 5.91. The number of esters is 1. The van der Waals surface area contributed by atoms with Crippen LogP contribution in [0.4, 0.5) is 38.9 Å². The molecule has 0 aromatic heterocycles. The topological polar surface area (TPSA) is 201 Å². The lowest BCUT2D eigenvalue weighted by Gasteiger charge is -2.11. The van der Waals surface area contributed by atoms with Gasteiger partial charge in [-0.15, -0.1) is 0 Å². The average Bonchev–Trinajstić information content (AvgIpc) is 3.04. The van der Waals surface area contributed by atoms with Crippen LogP contribution in [-0.4, -0.2) is 44.9 Å². The van der Waals surface area contributed by atoms with E-state index >= 15 is 0 Å². The van der Waals surface area contributed by atoms with Gasteiger partial charge in [0.25, 0.3) is 10.1 Å². The molecule has 4 aromatic rings. The fraction of sp³-hybridized carbons (Fsp3) is 0.103. The summed E-state index contributed by atoms with van der Waals surface area (Å²) in [6, 6.07) is 20.4. The Morgan fingerprint density at radius 2 is 1.39 bits per heavy atom. The lowest BCUT2D eigenvalue weighted by Crippen LogP contribution is -2.20. The van der Waals surface area contributed by atoms with Crippen molar-refractivity contribution in [2.24, 2.45) is 20.5 Å². The van der Waals surface area contributed by atoms with Gasteiger partial charge in [0.1, 0.15) is 11.3 Å². The molecule has 4 rings (SSSR count). The molecule has 4 aromatic carbocycles. The van der Waals surface area contributed by atoms with Crippen LogP contribution < -0.4 is 10.6 Å². The quantitative estimate of drug-likeness (QED) is 0.0878.